The van der Waals surface area contributed by atoms with Gasteiger partial charge >= 0.3 is 0 Å². The number of nitrogens with one attached hydrogen (secondary N) is 1. The number of carbonyl (C=O) groups is 1. The van der Waals surface area contributed by atoms with E-state index < -0.39 is 0 Å². The number of likely N-dealkylation sites (tertiary alicyclic amines) is 1. The van der Waals surface area contributed by atoms with Crippen LogP contribution in [0.15, 0.2) is 41.7 Å². The number of aromatic nitrogens is 5. The molecule has 2 fully saturated rings. The fraction of sp³-hybridized carbons (Fsp3) is 0.423. The SMILES string of the molecule is Cc1cc2[nH]c(=O)c3cnn(C4CCOCC4)c3c2cc1C(=O)N1CCC(Oc2cnccn2)CC1. The predicted molar refractivity (Wildman–Crippen MR) is 133 cm³/mol. The zero-order valence-corrected chi connectivity index (χ0v) is 20.1. The Balaban J connectivity index is 1.30. The Kier molecular flexibility index (Phi) is 5.88. The van der Waals surface area contributed by atoms with Crippen LogP contribution < -0.4 is 10.3 Å². The number of amides is 1. The predicted octanol–water partition coefficient (Wildman–Crippen LogP) is 3.01. The number of fused-ring (bicyclic) bond motifs is 3. The van der Waals surface area contributed by atoms with Gasteiger partial charge in [-0.3, -0.25) is 19.3 Å². The summed E-state index contributed by atoms with van der Waals surface area (Å²) < 4.78 is 13.4. The van der Waals surface area contributed by atoms with Gasteiger partial charge in [-0.2, -0.15) is 5.10 Å². The summed E-state index contributed by atoms with van der Waals surface area (Å²) >= 11 is 0. The van der Waals surface area contributed by atoms with Gasteiger partial charge in [-0.1, -0.05) is 0 Å². The van der Waals surface area contributed by atoms with E-state index in [0.717, 1.165) is 42.1 Å². The lowest BCUT2D eigenvalue weighted by atomic mass is 10.0. The molecule has 186 valence electrons. The normalized spacial score (nSPS) is 17.6. The summed E-state index contributed by atoms with van der Waals surface area (Å²) in [6, 6.07) is 3.98. The topological polar surface area (TPSA) is 115 Å². The van der Waals surface area contributed by atoms with Crippen LogP contribution in [0.4, 0.5) is 0 Å². The van der Waals surface area contributed by atoms with Crippen molar-refractivity contribution in [2.75, 3.05) is 26.3 Å². The van der Waals surface area contributed by atoms with Gasteiger partial charge in [-0.25, -0.2) is 4.98 Å². The minimum atomic E-state index is -0.167. The van der Waals surface area contributed by atoms with Crippen molar-refractivity contribution < 1.29 is 14.3 Å². The van der Waals surface area contributed by atoms with Crippen molar-refractivity contribution in [3.05, 3.63) is 58.4 Å². The van der Waals surface area contributed by atoms with Gasteiger partial charge in [0.2, 0.25) is 5.88 Å². The molecule has 0 saturated carbocycles. The maximum absolute atomic E-state index is 13.6. The van der Waals surface area contributed by atoms with Gasteiger partial charge in [0, 0.05) is 62.5 Å². The number of H-pyrrole nitrogens is 1. The van der Waals surface area contributed by atoms with E-state index in [2.05, 4.69) is 20.1 Å². The van der Waals surface area contributed by atoms with Gasteiger partial charge < -0.3 is 19.4 Å². The van der Waals surface area contributed by atoms with Gasteiger partial charge in [0.25, 0.3) is 11.5 Å². The highest BCUT2D eigenvalue weighted by Gasteiger charge is 2.27. The first-order valence-electron chi connectivity index (χ1n) is 12.4. The molecule has 0 unspecified atom stereocenters. The van der Waals surface area contributed by atoms with Gasteiger partial charge in [0.05, 0.1) is 34.9 Å². The average molecular weight is 489 g/mol. The highest BCUT2D eigenvalue weighted by molar-refractivity contribution is 6.07. The second kappa shape index (κ2) is 9.34. The first-order chi connectivity index (χ1) is 17.6. The number of piperidine rings is 1. The number of hydrogen-bond donors (Lipinski definition) is 1. The van der Waals surface area contributed by atoms with E-state index in [1.165, 1.54) is 0 Å². The smallest absolute Gasteiger partial charge is 0.259 e. The summed E-state index contributed by atoms with van der Waals surface area (Å²) in [7, 11) is 0. The molecule has 2 aliphatic heterocycles. The molecule has 4 aromatic rings. The van der Waals surface area contributed by atoms with Crippen LogP contribution in [0.1, 0.15) is 47.6 Å². The number of carbonyl (C=O) groups excluding carboxylic acids is 1. The van der Waals surface area contributed by atoms with Crippen LogP contribution in [0, 0.1) is 6.92 Å². The molecular formula is C26H28N6O4. The van der Waals surface area contributed by atoms with Crippen molar-refractivity contribution in [3.63, 3.8) is 0 Å². The average Bonchev–Trinajstić information content (AvgIpc) is 3.36. The van der Waals surface area contributed by atoms with Crippen molar-refractivity contribution in [3.8, 4) is 5.88 Å². The molecule has 1 N–H and O–H groups in total. The molecule has 0 spiro atoms. The Bertz CT molecular complexity index is 1470. The molecule has 36 heavy (non-hydrogen) atoms. The van der Waals surface area contributed by atoms with E-state index in [1.54, 1.807) is 24.8 Å². The molecule has 2 saturated heterocycles. The van der Waals surface area contributed by atoms with Crippen LogP contribution in [-0.2, 0) is 4.74 Å². The summed E-state index contributed by atoms with van der Waals surface area (Å²) in [5.74, 6) is 0.496. The number of benzene rings is 1. The fourth-order valence-corrected chi connectivity index (χ4v) is 5.29. The maximum atomic E-state index is 13.6. The number of nitrogens with zero attached hydrogens (tertiary/aromatic N) is 5. The quantitative estimate of drug-likeness (QED) is 0.469. The van der Waals surface area contributed by atoms with Gasteiger partial charge in [0.15, 0.2) is 0 Å². The number of aromatic amines is 1. The first kappa shape index (κ1) is 22.7. The number of rotatable bonds is 4. The zero-order chi connectivity index (χ0) is 24.6. The van der Waals surface area contributed by atoms with E-state index >= 15 is 0 Å². The summed E-state index contributed by atoms with van der Waals surface area (Å²) in [6.07, 6.45) is 9.59. The fourth-order valence-electron chi connectivity index (χ4n) is 5.29. The van der Waals surface area contributed by atoms with E-state index in [1.807, 2.05) is 28.6 Å². The lowest BCUT2D eigenvalue weighted by molar-refractivity contribution is 0.0586. The van der Waals surface area contributed by atoms with Crippen molar-refractivity contribution >= 4 is 27.7 Å². The summed E-state index contributed by atoms with van der Waals surface area (Å²) in [6.45, 7) is 4.46. The van der Waals surface area contributed by atoms with E-state index in [0.29, 0.717) is 48.6 Å². The summed E-state index contributed by atoms with van der Waals surface area (Å²) in [5, 5.41) is 5.96. The molecule has 10 heteroatoms. The Morgan fingerprint density at radius 2 is 1.89 bits per heavy atom. The first-order valence-corrected chi connectivity index (χ1v) is 12.4. The Labute approximate surface area is 207 Å². The Hall–Kier alpha value is -3.79. The maximum Gasteiger partial charge on any atom is 0.259 e. The molecule has 2 aliphatic rings. The second-order valence-electron chi connectivity index (χ2n) is 9.51. The molecule has 3 aromatic heterocycles. The van der Waals surface area contributed by atoms with E-state index in [-0.39, 0.29) is 23.6 Å². The third-order valence-electron chi connectivity index (χ3n) is 7.23. The number of aryl methyl sites for hydroxylation is 1. The summed E-state index contributed by atoms with van der Waals surface area (Å²) in [5.41, 5.74) is 2.80. The molecule has 1 amide bonds. The number of ether oxygens (including phenoxy) is 2. The van der Waals surface area contributed by atoms with Crippen LogP contribution in [0.25, 0.3) is 21.8 Å². The minimum Gasteiger partial charge on any atom is -0.473 e. The third kappa shape index (κ3) is 4.11. The highest BCUT2D eigenvalue weighted by Crippen LogP contribution is 2.30. The van der Waals surface area contributed by atoms with Crippen molar-refractivity contribution in [1.29, 1.82) is 0 Å². The molecular weight excluding hydrogens is 460 g/mol. The van der Waals surface area contributed by atoms with Gasteiger partial charge in [-0.05, 0) is 37.5 Å². The zero-order valence-electron chi connectivity index (χ0n) is 20.1. The largest absolute Gasteiger partial charge is 0.473 e. The summed E-state index contributed by atoms with van der Waals surface area (Å²) in [4.78, 5) is 39.5. The molecule has 6 rings (SSSR count). The van der Waals surface area contributed by atoms with Crippen molar-refractivity contribution in [2.24, 2.45) is 0 Å². The molecule has 5 heterocycles. The van der Waals surface area contributed by atoms with Gasteiger partial charge in [0.1, 0.15) is 6.10 Å². The molecule has 0 radical (unpaired) electrons. The second-order valence-corrected chi connectivity index (χ2v) is 9.51. The van der Waals surface area contributed by atoms with Crippen LogP contribution in [0.5, 0.6) is 5.88 Å². The number of pyridine rings is 1. The van der Waals surface area contributed by atoms with Crippen LogP contribution in [-0.4, -0.2) is 67.9 Å². The standard InChI is InChI=1S/C26H28N6O4/c1-16-12-22-20(24-21(25(33)30-22)14-29-32(24)17-4-10-35-11-5-17)13-19(16)26(34)31-8-2-18(3-9-31)36-23-15-27-6-7-28-23/h6-7,12-15,17-18H,2-5,8-11H2,1H3,(H,30,33). The Morgan fingerprint density at radius 3 is 2.64 bits per heavy atom. The number of hydrogen-bond acceptors (Lipinski definition) is 7. The lowest BCUT2D eigenvalue weighted by Gasteiger charge is -2.32. The molecule has 0 aliphatic carbocycles. The van der Waals surface area contributed by atoms with Gasteiger partial charge in [-0.15, -0.1) is 0 Å². The van der Waals surface area contributed by atoms with Crippen LogP contribution in [0.3, 0.4) is 0 Å². The highest BCUT2D eigenvalue weighted by atomic mass is 16.5. The molecule has 10 nitrogen and oxygen atoms in total. The lowest BCUT2D eigenvalue weighted by Crippen LogP contribution is -2.42. The van der Waals surface area contributed by atoms with Crippen molar-refractivity contribution in [2.45, 2.75) is 44.8 Å². The molecule has 1 aromatic carbocycles. The van der Waals surface area contributed by atoms with Crippen molar-refractivity contribution in [1.82, 2.24) is 29.6 Å². The van der Waals surface area contributed by atoms with Crippen LogP contribution in [0.2, 0.25) is 0 Å². The minimum absolute atomic E-state index is 0.00183. The van der Waals surface area contributed by atoms with Crippen LogP contribution >= 0.6 is 0 Å². The molecule has 0 atom stereocenters. The third-order valence-corrected chi connectivity index (χ3v) is 7.23. The Morgan fingerprint density at radius 1 is 1.08 bits per heavy atom. The van der Waals surface area contributed by atoms with E-state index in [9.17, 15) is 9.59 Å². The molecule has 0 bridgehead atoms. The monoisotopic (exact) mass is 488 g/mol. The van der Waals surface area contributed by atoms with E-state index in [4.69, 9.17) is 9.47 Å².